The van der Waals surface area contributed by atoms with Gasteiger partial charge in [0.05, 0.1) is 27.8 Å². The van der Waals surface area contributed by atoms with Gasteiger partial charge in [-0.25, -0.2) is 0 Å². The van der Waals surface area contributed by atoms with Crippen molar-refractivity contribution in [2.24, 2.45) is 0 Å². The van der Waals surface area contributed by atoms with Crippen molar-refractivity contribution in [1.29, 1.82) is 0 Å². The molecule has 4 heterocycles. The van der Waals surface area contributed by atoms with Crippen LogP contribution in [0.25, 0.3) is 55.0 Å². The molecule has 13 rings (SSSR count). The Morgan fingerprint density at radius 3 is 1.34 bits per heavy atom. The summed E-state index contributed by atoms with van der Waals surface area (Å²) in [5.74, 6) is 3.41. The van der Waals surface area contributed by atoms with Gasteiger partial charge in [-0.05, 0) is 99.6 Å². The first kappa shape index (κ1) is 40.3. The molecular formula is C62H50BN3O2. The summed E-state index contributed by atoms with van der Waals surface area (Å²) < 4.78 is 19.1. The second-order valence-electron chi connectivity index (χ2n) is 20.6. The Morgan fingerprint density at radius 1 is 0.382 bits per heavy atom. The van der Waals surface area contributed by atoms with E-state index in [2.05, 4.69) is 250 Å². The quantitative estimate of drug-likeness (QED) is 0.161. The van der Waals surface area contributed by atoms with Crippen LogP contribution in [0.15, 0.2) is 194 Å². The van der Waals surface area contributed by atoms with Crippen molar-refractivity contribution < 1.29 is 9.47 Å². The van der Waals surface area contributed by atoms with Crippen LogP contribution in [0.5, 0.6) is 23.0 Å². The zero-order chi connectivity index (χ0) is 46.1. The smallest absolute Gasteiger partial charge is 0.260 e. The van der Waals surface area contributed by atoms with Crippen LogP contribution in [0.2, 0.25) is 0 Å². The Morgan fingerprint density at radius 2 is 0.838 bits per heavy atom. The maximum atomic E-state index is 7.10. The number of para-hydroxylation sites is 4. The molecule has 0 amide bonds. The molecule has 328 valence electrons. The average Bonchev–Trinajstić information content (AvgIpc) is 3.87. The maximum Gasteiger partial charge on any atom is 0.260 e. The van der Waals surface area contributed by atoms with Gasteiger partial charge in [0.2, 0.25) is 0 Å². The van der Waals surface area contributed by atoms with E-state index in [0.717, 1.165) is 79.0 Å². The largest absolute Gasteiger partial charge is 0.458 e. The highest BCUT2D eigenvalue weighted by atomic mass is 16.5. The third-order valence-electron chi connectivity index (χ3n) is 14.3. The van der Waals surface area contributed by atoms with Crippen LogP contribution in [0.3, 0.4) is 0 Å². The molecule has 0 radical (unpaired) electrons. The molecule has 0 spiro atoms. The van der Waals surface area contributed by atoms with E-state index in [1.54, 1.807) is 0 Å². The van der Waals surface area contributed by atoms with Crippen LogP contribution in [-0.2, 0) is 10.8 Å². The lowest BCUT2D eigenvalue weighted by Gasteiger charge is -2.35. The number of hydrogen-bond acceptors (Lipinski definition) is 3. The molecule has 2 aliphatic heterocycles. The number of aromatic nitrogens is 2. The Labute approximate surface area is 397 Å². The van der Waals surface area contributed by atoms with Crippen LogP contribution in [0.4, 0.5) is 17.1 Å². The number of ether oxygens (including phenoxy) is 2. The molecule has 0 saturated heterocycles. The predicted octanol–water partition coefficient (Wildman–Crippen LogP) is 14.7. The fourth-order valence-electron chi connectivity index (χ4n) is 11.0. The number of fused-ring (bicyclic) bond motifs is 11. The molecule has 2 aliphatic rings. The molecule has 5 nitrogen and oxygen atoms in total. The molecule has 0 aliphatic carbocycles. The molecule has 2 aromatic heterocycles. The van der Waals surface area contributed by atoms with Gasteiger partial charge >= 0.3 is 0 Å². The van der Waals surface area contributed by atoms with Crippen LogP contribution in [0, 0.1) is 0 Å². The van der Waals surface area contributed by atoms with Crippen LogP contribution in [-0.4, -0.2) is 15.8 Å². The van der Waals surface area contributed by atoms with Gasteiger partial charge in [-0.15, -0.1) is 0 Å². The van der Waals surface area contributed by atoms with Crippen molar-refractivity contribution in [3.05, 3.63) is 205 Å². The Hall–Kier alpha value is -7.96. The summed E-state index contributed by atoms with van der Waals surface area (Å²) >= 11 is 0. The third-order valence-corrected chi connectivity index (χ3v) is 14.3. The summed E-state index contributed by atoms with van der Waals surface area (Å²) in [5, 5.41) is 4.74. The fourth-order valence-corrected chi connectivity index (χ4v) is 11.0. The van der Waals surface area contributed by atoms with E-state index in [0.29, 0.717) is 0 Å². The van der Waals surface area contributed by atoms with Gasteiger partial charge in [-0.3, -0.25) is 0 Å². The predicted molar refractivity (Wildman–Crippen MR) is 285 cm³/mol. The fraction of sp³-hybridized carbons (Fsp3) is 0.129. The summed E-state index contributed by atoms with van der Waals surface area (Å²) in [6, 6.07) is 70.5. The molecule has 68 heavy (non-hydrogen) atoms. The standard InChI is InChI=1S/C62H50BN3O2/c1-61(2,3)39-28-32-54-50(34-39)63-51-35-40(62(4,5)6)29-33-55(51)68-57-38-45(37-56(67-54)58(57)63)66-53-27-16-14-25-47(53)49-31-30-48-46-24-13-15-26-52(46)65(59(48)60(49)66)44-23-17-22-43(36-44)64(41-18-9-7-10-19-41)42-20-11-8-12-21-42/h7-38H,1-6H3. The SMILES string of the molecule is CC(C)(C)c1ccc2c(c1)B1c3cc(C(C)(C)C)ccc3Oc3cc(-n4c5ccccc5c5ccc6c7ccccc7n(-c7cccc(N(c8ccccc8)c8ccccc8)c7)c6c54)cc(c31)O2. The zero-order valence-electron chi connectivity index (χ0n) is 39.2. The van der Waals surface area contributed by atoms with Crippen LogP contribution < -0.4 is 30.8 Å². The van der Waals surface area contributed by atoms with Crippen LogP contribution >= 0.6 is 0 Å². The highest BCUT2D eigenvalue weighted by Gasteiger charge is 2.42. The van der Waals surface area contributed by atoms with E-state index in [4.69, 9.17) is 9.47 Å². The minimum atomic E-state index is -0.0582. The Balaban J connectivity index is 1.08. The van der Waals surface area contributed by atoms with Crippen molar-refractivity contribution >= 4 is 83.8 Å². The second-order valence-corrected chi connectivity index (χ2v) is 20.6. The Bertz CT molecular complexity index is 3710. The number of rotatable bonds is 5. The van der Waals surface area contributed by atoms with Crippen molar-refractivity contribution in [3.63, 3.8) is 0 Å². The summed E-state index contributed by atoms with van der Waals surface area (Å²) in [5.41, 5.74) is 15.8. The van der Waals surface area contributed by atoms with Gasteiger partial charge in [-0.2, -0.15) is 0 Å². The van der Waals surface area contributed by atoms with E-state index >= 15 is 0 Å². The van der Waals surface area contributed by atoms with Crippen molar-refractivity contribution in [1.82, 2.24) is 9.13 Å². The zero-order valence-corrected chi connectivity index (χ0v) is 39.2. The van der Waals surface area contributed by atoms with Gasteiger partial charge in [0, 0.05) is 61.9 Å². The maximum absolute atomic E-state index is 7.10. The molecular weight excluding hydrogens is 830 g/mol. The monoisotopic (exact) mass is 879 g/mol. The van der Waals surface area contributed by atoms with E-state index in [1.165, 1.54) is 43.6 Å². The molecule has 0 fully saturated rings. The molecule has 6 heteroatoms. The molecule has 9 aromatic carbocycles. The molecule has 11 aromatic rings. The average molecular weight is 880 g/mol. The minimum absolute atomic E-state index is 0.0297. The van der Waals surface area contributed by atoms with Gasteiger partial charge in [0.25, 0.3) is 6.71 Å². The first-order valence-electron chi connectivity index (χ1n) is 23.8. The van der Waals surface area contributed by atoms with E-state index in [9.17, 15) is 0 Å². The highest BCUT2D eigenvalue weighted by Crippen LogP contribution is 2.45. The van der Waals surface area contributed by atoms with Crippen molar-refractivity contribution in [2.75, 3.05) is 4.90 Å². The number of hydrogen-bond donors (Lipinski definition) is 0. The summed E-state index contributed by atoms with van der Waals surface area (Å²) in [7, 11) is 0. The molecule has 0 bridgehead atoms. The van der Waals surface area contributed by atoms with E-state index < -0.39 is 0 Å². The number of anilines is 3. The molecule has 0 N–H and O–H groups in total. The Kier molecular flexibility index (Phi) is 8.76. The van der Waals surface area contributed by atoms with Crippen molar-refractivity contribution in [3.8, 4) is 34.4 Å². The van der Waals surface area contributed by atoms with Crippen LogP contribution in [0.1, 0.15) is 52.7 Å². The van der Waals surface area contributed by atoms with E-state index in [1.807, 2.05) is 0 Å². The lowest BCUT2D eigenvalue weighted by molar-refractivity contribution is 0.463. The second kappa shape index (κ2) is 14.8. The normalized spacial score (nSPS) is 13.1. The molecule has 0 atom stereocenters. The first-order valence-corrected chi connectivity index (χ1v) is 23.8. The lowest BCUT2D eigenvalue weighted by atomic mass is 9.34. The summed E-state index contributed by atoms with van der Waals surface area (Å²) in [6.45, 7) is 13.6. The topological polar surface area (TPSA) is 31.6 Å². The van der Waals surface area contributed by atoms with Gasteiger partial charge < -0.3 is 23.5 Å². The van der Waals surface area contributed by atoms with Gasteiger partial charge in [-0.1, -0.05) is 157 Å². The summed E-state index contributed by atoms with van der Waals surface area (Å²) in [4.78, 5) is 2.33. The molecule has 0 unspecified atom stereocenters. The highest BCUT2D eigenvalue weighted by molar-refractivity contribution is 6.98. The van der Waals surface area contributed by atoms with Crippen molar-refractivity contribution in [2.45, 2.75) is 52.4 Å². The van der Waals surface area contributed by atoms with E-state index in [-0.39, 0.29) is 17.5 Å². The summed E-state index contributed by atoms with van der Waals surface area (Å²) in [6.07, 6.45) is 0. The van der Waals surface area contributed by atoms with Gasteiger partial charge in [0.15, 0.2) is 0 Å². The number of nitrogens with zero attached hydrogens (tertiary/aromatic N) is 3. The molecule has 0 saturated carbocycles. The first-order chi connectivity index (χ1) is 33.0. The number of benzene rings is 9. The lowest BCUT2D eigenvalue weighted by Crippen LogP contribution is -2.57. The minimum Gasteiger partial charge on any atom is -0.458 e. The third kappa shape index (κ3) is 6.16. The van der Waals surface area contributed by atoms with Gasteiger partial charge in [0.1, 0.15) is 23.0 Å².